The third kappa shape index (κ3) is 1.72. The van der Waals surface area contributed by atoms with E-state index in [1.807, 2.05) is 20.1 Å². The van der Waals surface area contributed by atoms with Crippen molar-refractivity contribution in [3.63, 3.8) is 0 Å². The average molecular weight is 225 g/mol. The quantitative estimate of drug-likeness (QED) is 0.743. The van der Waals surface area contributed by atoms with Crippen molar-refractivity contribution in [1.82, 2.24) is 4.98 Å². The molecule has 82 valence electrons. The van der Waals surface area contributed by atoms with E-state index in [1.54, 1.807) is 18.0 Å². The highest BCUT2D eigenvalue weighted by Gasteiger charge is 2.34. The van der Waals surface area contributed by atoms with Gasteiger partial charge >= 0.3 is 0 Å². The second-order valence-corrected chi connectivity index (χ2v) is 4.85. The molecule has 2 heterocycles. The van der Waals surface area contributed by atoms with E-state index < -0.39 is 5.60 Å². The highest BCUT2D eigenvalue weighted by Crippen LogP contribution is 2.40. The maximum absolute atomic E-state index is 10.3. The molecule has 0 saturated heterocycles. The maximum atomic E-state index is 10.3. The van der Waals surface area contributed by atoms with Gasteiger partial charge in [-0.1, -0.05) is 0 Å². The molecule has 1 aromatic heterocycles. The molecular weight excluding hydrogens is 210 g/mol. The van der Waals surface area contributed by atoms with Crippen LogP contribution in [0.5, 0.6) is 5.88 Å². The first-order chi connectivity index (χ1) is 7.06. The van der Waals surface area contributed by atoms with Crippen LogP contribution in [0.3, 0.4) is 0 Å². The summed E-state index contributed by atoms with van der Waals surface area (Å²) in [6, 6.07) is 0. The lowest BCUT2D eigenvalue weighted by molar-refractivity contribution is 0.0117. The van der Waals surface area contributed by atoms with Crippen LogP contribution < -0.4 is 4.74 Å². The molecule has 0 spiro atoms. The van der Waals surface area contributed by atoms with Crippen LogP contribution in [0.1, 0.15) is 24.5 Å². The van der Waals surface area contributed by atoms with Crippen molar-refractivity contribution in [2.45, 2.75) is 30.8 Å². The van der Waals surface area contributed by atoms with Gasteiger partial charge in [0.15, 0.2) is 0 Å². The monoisotopic (exact) mass is 225 g/mol. The summed E-state index contributed by atoms with van der Waals surface area (Å²) in [5, 5.41) is 10.3. The fraction of sp³-hybridized carbons (Fsp3) is 0.545. The van der Waals surface area contributed by atoms with E-state index in [9.17, 15) is 5.11 Å². The highest BCUT2D eigenvalue weighted by atomic mass is 32.2. The minimum Gasteiger partial charge on any atom is -0.477 e. The zero-order chi connectivity index (χ0) is 11.1. The molecule has 4 heteroatoms. The van der Waals surface area contributed by atoms with Gasteiger partial charge < -0.3 is 9.84 Å². The molecule has 0 amide bonds. The second-order valence-electron chi connectivity index (χ2n) is 4.00. The van der Waals surface area contributed by atoms with Gasteiger partial charge in [0.05, 0.1) is 12.2 Å². The molecule has 2 rings (SSSR count). The van der Waals surface area contributed by atoms with Crippen LogP contribution >= 0.6 is 11.8 Å². The fourth-order valence-corrected chi connectivity index (χ4v) is 2.55. The van der Waals surface area contributed by atoms with E-state index >= 15 is 0 Å². The van der Waals surface area contributed by atoms with Crippen molar-refractivity contribution >= 4 is 11.8 Å². The number of rotatable bonds is 1. The standard InChI is InChI=1S/C11H15NO2S/c1-7-8(15-3)6-12-10-9(7)11(2,13)4-5-14-10/h6,13H,4-5H2,1-3H3. The Kier molecular flexibility index (Phi) is 2.64. The van der Waals surface area contributed by atoms with Gasteiger partial charge in [0.25, 0.3) is 0 Å². The summed E-state index contributed by atoms with van der Waals surface area (Å²) >= 11 is 1.64. The Morgan fingerprint density at radius 3 is 3.00 bits per heavy atom. The second kappa shape index (κ2) is 3.68. The number of hydrogen-bond donors (Lipinski definition) is 1. The lowest BCUT2D eigenvalue weighted by Gasteiger charge is -2.32. The van der Waals surface area contributed by atoms with E-state index in [2.05, 4.69) is 4.98 Å². The molecule has 1 N–H and O–H groups in total. The van der Waals surface area contributed by atoms with Gasteiger partial charge in [0.2, 0.25) is 5.88 Å². The third-order valence-corrected chi connectivity index (χ3v) is 3.70. The van der Waals surface area contributed by atoms with E-state index in [4.69, 9.17) is 4.74 Å². The summed E-state index contributed by atoms with van der Waals surface area (Å²) in [6.07, 6.45) is 4.44. The average Bonchev–Trinajstić information content (AvgIpc) is 2.17. The smallest absolute Gasteiger partial charge is 0.219 e. The molecule has 0 bridgehead atoms. The number of nitrogens with zero attached hydrogens (tertiary/aromatic N) is 1. The van der Waals surface area contributed by atoms with Crippen LogP contribution in [0.2, 0.25) is 0 Å². The number of fused-ring (bicyclic) bond motifs is 1. The van der Waals surface area contributed by atoms with E-state index in [-0.39, 0.29) is 0 Å². The summed E-state index contributed by atoms with van der Waals surface area (Å²) in [5.74, 6) is 0.585. The lowest BCUT2D eigenvalue weighted by Crippen LogP contribution is -2.31. The lowest BCUT2D eigenvalue weighted by atomic mass is 9.89. The van der Waals surface area contributed by atoms with Crippen LogP contribution in [0.4, 0.5) is 0 Å². The van der Waals surface area contributed by atoms with Crippen LogP contribution in [0.15, 0.2) is 11.1 Å². The van der Waals surface area contributed by atoms with Gasteiger partial charge in [-0.25, -0.2) is 4.98 Å². The van der Waals surface area contributed by atoms with Crippen molar-refractivity contribution in [2.24, 2.45) is 0 Å². The van der Waals surface area contributed by atoms with E-state index in [1.165, 1.54) is 0 Å². The number of pyridine rings is 1. The minimum atomic E-state index is -0.809. The Labute approximate surface area is 93.9 Å². The van der Waals surface area contributed by atoms with Gasteiger partial charge in [0, 0.05) is 23.1 Å². The Morgan fingerprint density at radius 1 is 1.60 bits per heavy atom. The Balaban J connectivity index is 2.62. The summed E-state index contributed by atoms with van der Waals surface area (Å²) in [4.78, 5) is 5.34. The topological polar surface area (TPSA) is 42.4 Å². The number of thioether (sulfide) groups is 1. The first-order valence-electron chi connectivity index (χ1n) is 4.95. The number of ether oxygens (including phenoxy) is 1. The van der Waals surface area contributed by atoms with E-state index in [0.29, 0.717) is 18.9 Å². The van der Waals surface area contributed by atoms with Gasteiger partial charge in [-0.2, -0.15) is 0 Å². The summed E-state index contributed by atoms with van der Waals surface area (Å²) < 4.78 is 5.46. The Bertz CT molecular complexity index is 390. The molecule has 1 aromatic rings. The fourth-order valence-electron chi connectivity index (χ4n) is 1.98. The molecule has 1 aliphatic rings. The summed E-state index contributed by atoms with van der Waals surface area (Å²) in [7, 11) is 0. The predicted octanol–water partition coefficient (Wildman–Crippen LogP) is 2.10. The molecular formula is C11H15NO2S. The molecule has 0 fully saturated rings. The van der Waals surface area contributed by atoms with Crippen molar-refractivity contribution in [3.8, 4) is 5.88 Å². The van der Waals surface area contributed by atoms with Gasteiger partial charge in [0.1, 0.15) is 0 Å². The summed E-state index contributed by atoms with van der Waals surface area (Å²) in [5.41, 5.74) is 1.12. The number of aromatic nitrogens is 1. The van der Waals surface area contributed by atoms with E-state index in [0.717, 1.165) is 16.0 Å². The normalized spacial score (nSPS) is 24.5. The van der Waals surface area contributed by atoms with Crippen molar-refractivity contribution in [1.29, 1.82) is 0 Å². The SMILES string of the molecule is CSc1cnc2c(c1C)C(C)(O)CCO2. The number of hydrogen-bond acceptors (Lipinski definition) is 4. The van der Waals surface area contributed by atoms with Crippen molar-refractivity contribution in [3.05, 3.63) is 17.3 Å². The largest absolute Gasteiger partial charge is 0.477 e. The Hall–Kier alpha value is -0.740. The highest BCUT2D eigenvalue weighted by molar-refractivity contribution is 7.98. The molecule has 0 saturated carbocycles. The van der Waals surface area contributed by atoms with Crippen LogP contribution in [-0.4, -0.2) is 23.0 Å². The van der Waals surface area contributed by atoms with Gasteiger partial charge in [-0.05, 0) is 25.7 Å². The van der Waals surface area contributed by atoms with Gasteiger partial charge in [-0.15, -0.1) is 11.8 Å². The van der Waals surface area contributed by atoms with Crippen LogP contribution in [0, 0.1) is 6.92 Å². The molecule has 0 aliphatic carbocycles. The third-order valence-electron chi connectivity index (χ3n) is 2.84. The molecule has 1 unspecified atom stereocenters. The minimum absolute atomic E-state index is 0.533. The predicted molar refractivity (Wildman–Crippen MR) is 60.4 cm³/mol. The summed E-state index contributed by atoms with van der Waals surface area (Å²) in [6.45, 7) is 4.37. The maximum Gasteiger partial charge on any atom is 0.219 e. The zero-order valence-electron chi connectivity index (χ0n) is 9.20. The Morgan fingerprint density at radius 2 is 2.33 bits per heavy atom. The molecule has 1 aliphatic heterocycles. The first kappa shape index (κ1) is 10.8. The van der Waals surface area contributed by atoms with Crippen molar-refractivity contribution < 1.29 is 9.84 Å². The first-order valence-corrected chi connectivity index (χ1v) is 6.18. The molecule has 15 heavy (non-hydrogen) atoms. The van der Waals surface area contributed by atoms with Crippen LogP contribution in [-0.2, 0) is 5.60 Å². The molecule has 0 aromatic carbocycles. The zero-order valence-corrected chi connectivity index (χ0v) is 10.0. The molecule has 3 nitrogen and oxygen atoms in total. The molecule has 0 radical (unpaired) electrons. The number of aliphatic hydroxyl groups is 1. The molecule has 1 atom stereocenters. The van der Waals surface area contributed by atoms with Gasteiger partial charge in [-0.3, -0.25) is 0 Å². The van der Waals surface area contributed by atoms with Crippen LogP contribution in [0.25, 0.3) is 0 Å². The van der Waals surface area contributed by atoms with Crippen molar-refractivity contribution in [2.75, 3.05) is 12.9 Å².